The molecule has 0 aliphatic heterocycles. The molecule has 0 radical (unpaired) electrons. The van der Waals surface area contributed by atoms with Crippen LogP contribution in [0.15, 0.2) is 18.2 Å². The van der Waals surface area contributed by atoms with Crippen molar-refractivity contribution >= 4 is 21.4 Å². The largest absolute Gasteiger partial charge is 0.508 e. The first kappa shape index (κ1) is 8.31. The maximum Gasteiger partial charge on any atom is 0.219 e. The fourth-order valence-electron chi connectivity index (χ4n) is 1.22. The molecule has 68 valence electrons. The SMILES string of the molecule is COc1c(F)sc2ccc(O)cc12. The van der Waals surface area contributed by atoms with Crippen LogP contribution in [0.4, 0.5) is 4.39 Å². The molecule has 2 nitrogen and oxygen atoms in total. The van der Waals surface area contributed by atoms with Crippen LogP contribution in [-0.4, -0.2) is 12.2 Å². The van der Waals surface area contributed by atoms with Crippen molar-refractivity contribution in [2.75, 3.05) is 7.11 Å². The molecule has 4 heteroatoms. The average molecular weight is 198 g/mol. The summed E-state index contributed by atoms with van der Waals surface area (Å²) in [5.41, 5.74) is 0. The molecule has 1 heterocycles. The van der Waals surface area contributed by atoms with Crippen LogP contribution in [0.5, 0.6) is 11.5 Å². The highest BCUT2D eigenvalue weighted by molar-refractivity contribution is 7.17. The van der Waals surface area contributed by atoms with E-state index in [1.807, 2.05) is 0 Å². The molecular formula is C9H7FO2S. The van der Waals surface area contributed by atoms with Gasteiger partial charge in [0.15, 0.2) is 5.75 Å². The molecule has 2 rings (SSSR count). The van der Waals surface area contributed by atoms with Gasteiger partial charge in [0, 0.05) is 10.1 Å². The van der Waals surface area contributed by atoms with Crippen molar-refractivity contribution in [3.63, 3.8) is 0 Å². The van der Waals surface area contributed by atoms with Crippen LogP contribution in [0.25, 0.3) is 10.1 Å². The zero-order valence-corrected chi connectivity index (χ0v) is 7.69. The highest BCUT2D eigenvalue weighted by Gasteiger charge is 2.12. The van der Waals surface area contributed by atoms with E-state index in [-0.39, 0.29) is 16.6 Å². The number of benzene rings is 1. The van der Waals surface area contributed by atoms with Crippen LogP contribution < -0.4 is 4.74 Å². The number of phenols is 1. The summed E-state index contributed by atoms with van der Waals surface area (Å²) in [5, 5.41) is 9.44. The van der Waals surface area contributed by atoms with Gasteiger partial charge in [0.25, 0.3) is 0 Å². The molecule has 2 aromatic rings. The Labute approximate surface area is 78.2 Å². The zero-order valence-electron chi connectivity index (χ0n) is 6.87. The number of aromatic hydroxyl groups is 1. The van der Waals surface area contributed by atoms with E-state index in [4.69, 9.17) is 4.74 Å². The summed E-state index contributed by atoms with van der Waals surface area (Å²) in [7, 11) is 1.41. The minimum Gasteiger partial charge on any atom is -0.508 e. The van der Waals surface area contributed by atoms with E-state index >= 15 is 0 Å². The molecule has 0 bridgehead atoms. The van der Waals surface area contributed by atoms with E-state index < -0.39 is 0 Å². The van der Waals surface area contributed by atoms with Crippen molar-refractivity contribution in [2.45, 2.75) is 0 Å². The van der Waals surface area contributed by atoms with Crippen molar-refractivity contribution in [3.8, 4) is 11.5 Å². The van der Waals surface area contributed by atoms with Crippen molar-refractivity contribution < 1.29 is 14.2 Å². The second-order valence-electron chi connectivity index (χ2n) is 2.59. The highest BCUT2D eigenvalue weighted by atomic mass is 32.1. The van der Waals surface area contributed by atoms with E-state index in [1.165, 1.54) is 19.2 Å². The second-order valence-corrected chi connectivity index (χ2v) is 3.59. The predicted octanol–water partition coefficient (Wildman–Crippen LogP) is 2.75. The topological polar surface area (TPSA) is 29.5 Å². The number of phenolic OH excluding ortho intramolecular Hbond substituents is 1. The maximum atomic E-state index is 13.1. The quantitative estimate of drug-likeness (QED) is 0.763. The molecule has 0 aliphatic carbocycles. The van der Waals surface area contributed by atoms with Crippen molar-refractivity contribution in [3.05, 3.63) is 23.3 Å². The third-order valence-electron chi connectivity index (χ3n) is 1.79. The molecule has 0 atom stereocenters. The molecule has 0 spiro atoms. The van der Waals surface area contributed by atoms with Gasteiger partial charge in [-0.3, -0.25) is 0 Å². The van der Waals surface area contributed by atoms with Gasteiger partial charge in [-0.1, -0.05) is 0 Å². The number of fused-ring (bicyclic) bond motifs is 1. The monoisotopic (exact) mass is 198 g/mol. The van der Waals surface area contributed by atoms with Gasteiger partial charge in [-0.25, -0.2) is 0 Å². The van der Waals surface area contributed by atoms with Gasteiger partial charge in [-0.2, -0.15) is 4.39 Å². The lowest BCUT2D eigenvalue weighted by Gasteiger charge is -1.96. The Morgan fingerprint density at radius 2 is 2.23 bits per heavy atom. The van der Waals surface area contributed by atoms with Crippen LogP contribution in [-0.2, 0) is 0 Å². The van der Waals surface area contributed by atoms with Gasteiger partial charge in [0.2, 0.25) is 5.13 Å². The van der Waals surface area contributed by atoms with E-state index in [0.29, 0.717) is 5.39 Å². The summed E-state index contributed by atoms with van der Waals surface area (Å²) < 4.78 is 18.8. The van der Waals surface area contributed by atoms with Gasteiger partial charge in [0.1, 0.15) is 5.75 Å². The molecule has 0 amide bonds. The van der Waals surface area contributed by atoms with Crippen LogP contribution in [0.3, 0.4) is 0 Å². The summed E-state index contributed by atoms with van der Waals surface area (Å²) in [6.07, 6.45) is 0. The fourth-order valence-corrected chi connectivity index (χ4v) is 2.10. The number of hydrogen-bond acceptors (Lipinski definition) is 3. The molecule has 0 saturated carbocycles. The van der Waals surface area contributed by atoms with Crippen molar-refractivity contribution in [1.82, 2.24) is 0 Å². The molecular weight excluding hydrogens is 191 g/mol. The molecule has 0 fully saturated rings. The Hall–Kier alpha value is -1.29. The average Bonchev–Trinajstić information content (AvgIpc) is 2.40. The molecule has 1 N–H and O–H groups in total. The van der Waals surface area contributed by atoms with Crippen LogP contribution >= 0.6 is 11.3 Å². The summed E-state index contributed by atoms with van der Waals surface area (Å²) >= 11 is 1.01. The van der Waals surface area contributed by atoms with Crippen LogP contribution in [0.2, 0.25) is 0 Å². The van der Waals surface area contributed by atoms with E-state index in [2.05, 4.69) is 0 Å². The summed E-state index contributed by atoms with van der Waals surface area (Å²) in [6, 6.07) is 4.69. The number of halogens is 1. The fraction of sp³-hybridized carbons (Fsp3) is 0.111. The van der Waals surface area contributed by atoms with Crippen LogP contribution in [0, 0.1) is 5.13 Å². The highest BCUT2D eigenvalue weighted by Crippen LogP contribution is 2.37. The van der Waals surface area contributed by atoms with E-state index in [1.54, 1.807) is 6.07 Å². The summed E-state index contributed by atoms with van der Waals surface area (Å²) in [4.78, 5) is 0. The van der Waals surface area contributed by atoms with Gasteiger partial charge in [-0.15, -0.1) is 11.3 Å². The number of rotatable bonds is 1. The Bertz CT molecular complexity index is 450. The van der Waals surface area contributed by atoms with Gasteiger partial charge < -0.3 is 9.84 Å². The number of thiophene rings is 1. The Kier molecular flexibility index (Phi) is 1.84. The number of methoxy groups -OCH3 is 1. The standard InChI is InChI=1S/C9H7FO2S/c1-12-8-6-4-5(11)2-3-7(6)13-9(8)10/h2-4,11H,1H3. The Balaban J connectivity index is 2.80. The molecule has 13 heavy (non-hydrogen) atoms. The smallest absolute Gasteiger partial charge is 0.219 e. The van der Waals surface area contributed by atoms with E-state index in [9.17, 15) is 9.50 Å². The third kappa shape index (κ3) is 1.23. The van der Waals surface area contributed by atoms with Gasteiger partial charge in [-0.05, 0) is 18.2 Å². The minimum absolute atomic E-state index is 0.114. The molecule has 0 unspecified atom stereocenters. The van der Waals surface area contributed by atoms with Gasteiger partial charge >= 0.3 is 0 Å². The first-order valence-corrected chi connectivity index (χ1v) is 4.49. The van der Waals surface area contributed by atoms with E-state index in [0.717, 1.165) is 16.0 Å². The van der Waals surface area contributed by atoms with Crippen molar-refractivity contribution in [2.24, 2.45) is 0 Å². The molecule has 1 aromatic carbocycles. The minimum atomic E-state index is -0.358. The lowest BCUT2D eigenvalue weighted by Crippen LogP contribution is -1.81. The van der Waals surface area contributed by atoms with Crippen molar-refractivity contribution in [1.29, 1.82) is 0 Å². The Morgan fingerprint density at radius 3 is 2.92 bits per heavy atom. The normalized spacial score (nSPS) is 10.6. The summed E-state index contributed by atoms with van der Waals surface area (Å²) in [5.74, 6) is 0.319. The number of hydrogen-bond donors (Lipinski definition) is 1. The maximum absolute atomic E-state index is 13.1. The Morgan fingerprint density at radius 1 is 1.46 bits per heavy atom. The number of ether oxygens (including phenoxy) is 1. The van der Waals surface area contributed by atoms with Crippen LogP contribution in [0.1, 0.15) is 0 Å². The van der Waals surface area contributed by atoms with Gasteiger partial charge in [0.05, 0.1) is 7.11 Å². The lowest BCUT2D eigenvalue weighted by atomic mass is 10.2. The summed E-state index contributed by atoms with van der Waals surface area (Å²) in [6.45, 7) is 0. The molecule has 0 saturated heterocycles. The zero-order chi connectivity index (χ0) is 9.42. The second kappa shape index (κ2) is 2.88. The predicted molar refractivity (Wildman–Crippen MR) is 50.0 cm³/mol. The first-order chi connectivity index (χ1) is 6.22. The lowest BCUT2D eigenvalue weighted by molar-refractivity contribution is 0.397. The third-order valence-corrected chi connectivity index (χ3v) is 2.73. The molecule has 0 aliphatic rings. The molecule has 1 aromatic heterocycles. The first-order valence-electron chi connectivity index (χ1n) is 3.67.